The number of likely N-dealkylation sites (tertiary alicyclic amines) is 1. The quantitative estimate of drug-likeness (QED) is 0.870. The van der Waals surface area contributed by atoms with Crippen LogP contribution in [0.4, 0.5) is 4.39 Å². The Morgan fingerprint density at radius 2 is 2.27 bits per heavy atom. The van der Waals surface area contributed by atoms with Crippen LogP contribution in [0.25, 0.3) is 11.0 Å². The minimum absolute atomic E-state index is 0.0886. The number of aromatic nitrogens is 2. The summed E-state index contributed by atoms with van der Waals surface area (Å²) in [6.07, 6.45) is 4.19. The standard InChI is InChI=1S/C17H22FN3O/c1-12-7-13(9-20-5-2-3-14(20)8-18)16-4-6-21(17(16)19-12)15-10-22-11-15/h4,6-7,14-15H,2-3,5,8-11H2,1H3. The predicted octanol–water partition coefficient (Wildman–Crippen LogP) is 2.85. The fraction of sp³-hybridized carbons (Fsp3) is 0.588. The van der Waals surface area contributed by atoms with Crippen molar-refractivity contribution in [3.8, 4) is 0 Å². The SMILES string of the molecule is Cc1cc(CN2CCCC2CF)c2ccn(C3COC3)c2n1. The van der Waals surface area contributed by atoms with Gasteiger partial charge in [-0.15, -0.1) is 0 Å². The van der Waals surface area contributed by atoms with E-state index >= 15 is 0 Å². The van der Waals surface area contributed by atoms with E-state index in [9.17, 15) is 4.39 Å². The van der Waals surface area contributed by atoms with E-state index in [2.05, 4.69) is 27.8 Å². The van der Waals surface area contributed by atoms with Crippen molar-refractivity contribution in [2.75, 3.05) is 26.4 Å². The van der Waals surface area contributed by atoms with Crippen LogP contribution in [-0.2, 0) is 11.3 Å². The zero-order chi connectivity index (χ0) is 15.1. The molecule has 4 heterocycles. The number of ether oxygens (including phenoxy) is 1. The second-order valence-corrected chi connectivity index (χ2v) is 6.50. The van der Waals surface area contributed by atoms with E-state index in [0.717, 1.165) is 50.5 Å². The summed E-state index contributed by atoms with van der Waals surface area (Å²) >= 11 is 0. The average molecular weight is 303 g/mol. The number of nitrogens with zero attached hydrogens (tertiary/aromatic N) is 3. The van der Waals surface area contributed by atoms with Crippen LogP contribution >= 0.6 is 0 Å². The topological polar surface area (TPSA) is 30.3 Å². The Kier molecular flexibility index (Phi) is 3.62. The van der Waals surface area contributed by atoms with Gasteiger partial charge in [0.25, 0.3) is 0 Å². The van der Waals surface area contributed by atoms with Crippen molar-refractivity contribution in [3.05, 3.63) is 29.6 Å². The van der Waals surface area contributed by atoms with Crippen LogP contribution < -0.4 is 0 Å². The molecule has 4 rings (SSSR count). The monoisotopic (exact) mass is 303 g/mol. The van der Waals surface area contributed by atoms with Crippen molar-refractivity contribution in [2.45, 2.75) is 38.4 Å². The second-order valence-electron chi connectivity index (χ2n) is 6.50. The Labute approximate surface area is 129 Å². The Hall–Kier alpha value is -1.46. The molecular weight excluding hydrogens is 281 g/mol. The van der Waals surface area contributed by atoms with Gasteiger partial charge in [-0.1, -0.05) is 0 Å². The van der Waals surface area contributed by atoms with Gasteiger partial charge in [0.15, 0.2) is 0 Å². The highest BCUT2D eigenvalue weighted by atomic mass is 19.1. The summed E-state index contributed by atoms with van der Waals surface area (Å²) < 4.78 is 20.7. The van der Waals surface area contributed by atoms with Gasteiger partial charge in [-0.25, -0.2) is 9.37 Å². The number of pyridine rings is 1. The molecule has 1 atom stereocenters. The number of fused-ring (bicyclic) bond motifs is 1. The van der Waals surface area contributed by atoms with Crippen LogP contribution in [0.1, 0.15) is 30.1 Å². The Balaban J connectivity index is 1.69. The number of alkyl halides is 1. The second kappa shape index (κ2) is 5.63. The molecule has 0 aliphatic carbocycles. The highest BCUT2D eigenvalue weighted by Gasteiger charge is 2.26. The summed E-state index contributed by atoms with van der Waals surface area (Å²) in [6, 6.07) is 4.80. The van der Waals surface area contributed by atoms with Gasteiger partial charge in [-0.2, -0.15) is 0 Å². The lowest BCUT2D eigenvalue weighted by atomic mass is 10.1. The van der Waals surface area contributed by atoms with E-state index in [4.69, 9.17) is 9.72 Å². The normalized spacial score (nSPS) is 23.3. The Bertz CT molecular complexity index is 680. The molecule has 5 heteroatoms. The van der Waals surface area contributed by atoms with Crippen molar-refractivity contribution >= 4 is 11.0 Å². The lowest BCUT2D eigenvalue weighted by Gasteiger charge is -2.28. The molecule has 0 aromatic carbocycles. The summed E-state index contributed by atoms with van der Waals surface area (Å²) in [4.78, 5) is 7.00. The van der Waals surface area contributed by atoms with Crippen LogP contribution in [0.2, 0.25) is 0 Å². The van der Waals surface area contributed by atoms with Gasteiger partial charge in [0, 0.05) is 29.9 Å². The maximum Gasteiger partial charge on any atom is 0.140 e. The van der Waals surface area contributed by atoms with Gasteiger partial charge in [-0.3, -0.25) is 4.90 Å². The van der Waals surface area contributed by atoms with Gasteiger partial charge in [0.1, 0.15) is 12.3 Å². The first-order valence-electron chi connectivity index (χ1n) is 8.11. The Morgan fingerprint density at radius 1 is 1.41 bits per heavy atom. The zero-order valence-corrected chi connectivity index (χ0v) is 13.0. The number of aryl methyl sites for hydroxylation is 1. The molecule has 2 aromatic heterocycles. The minimum Gasteiger partial charge on any atom is -0.377 e. The molecule has 2 aliphatic heterocycles. The molecule has 1 unspecified atom stereocenters. The third kappa shape index (κ3) is 2.32. The van der Waals surface area contributed by atoms with Crippen LogP contribution in [0.15, 0.2) is 18.3 Å². The first-order valence-corrected chi connectivity index (χ1v) is 8.11. The molecule has 2 saturated heterocycles. The summed E-state index contributed by atoms with van der Waals surface area (Å²) in [5.41, 5.74) is 3.33. The van der Waals surface area contributed by atoms with Gasteiger partial charge >= 0.3 is 0 Å². The molecule has 2 aromatic rings. The minimum atomic E-state index is -0.242. The lowest BCUT2D eigenvalue weighted by Crippen LogP contribution is -2.31. The van der Waals surface area contributed by atoms with Crippen LogP contribution in [-0.4, -0.2) is 46.9 Å². The molecule has 0 bridgehead atoms. The van der Waals surface area contributed by atoms with Crippen molar-refractivity contribution < 1.29 is 9.13 Å². The molecule has 2 aliphatic rings. The zero-order valence-electron chi connectivity index (χ0n) is 13.0. The largest absolute Gasteiger partial charge is 0.377 e. The molecule has 0 radical (unpaired) electrons. The molecule has 0 spiro atoms. The van der Waals surface area contributed by atoms with Crippen LogP contribution in [0.3, 0.4) is 0 Å². The number of hydrogen-bond donors (Lipinski definition) is 0. The van der Waals surface area contributed by atoms with Gasteiger partial charge < -0.3 is 9.30 Å². The highest BCUT2D eigenvalue weighted by Crippen LogP contribution is 2.28. The van der Waals surface area contributed by atoms with E-state index in [1.54, 1.807) is 0 Å². The molecule has 4 nitrogen and oxygen atoms in total. The van der Waals surface area contributed by atoms with Gasteiger partial charge in [-0.05, 0) is 44.0 Å². The highest BCUT2D eigenvalue weighted by molar-refractivity contribution is 5.80. The third-order valence-electron chi connectivity index (χ3n) is 4.96. The number of halogens is 1. The maximum absolute atomic E-state index is 13.1. The van der Waals surface area contributed by atoms with E-state index in [1.807, 2.05) is 6.92 Å². The fourth-order valence-corrected chi connectivity index (χ4v) is 3.64. The molecular formula is C17H22FN3O. The summed E-state index contributed by atoms with van der Waals surface area (Å²) in [6.45, 7) is 5.14. The molecule has 0 N–H and O–H groups in total. The van der Waals surface area contributed by atoms with E-state index in [0.29, 0.717) is 6.04 Å². The van der Waals surface area contributed by atoms with E-state index in [-0.39, 0.29) is 12.7 Å². The predicted molar refractivity (Wildman–Crippen MR) is 83.7 cm³/mol. The molecule has 0 saturated carbocycles. The van der Waals surface area contributed by atoms with Crippen molar-refractivity contribution in [1.29, 1.82) is 0 Å². The molecule has 0 amide bonds. The molecule has 22 heavy (non-hydrogen) atoms. The first kappa shape index (κ1) is 14.2. The average Bonchev–Trinajstić information content (AvgIpc) is 3.04. The van der Waals surface area contributed by atoms with E-state index < -0.39 is 0 Å². The number of rotatable bonds is 4. The summed E-state index contributed by atoms with van der Waals surface area (Å²) in [7, 11) is 0. The summed E-state index contributed by atoms with van der Waals surface area (Å²) in [5.74, 6) is 0. The molecule has 2 fully saturated rings. The Morgan fingerprint density at radius 3 is 3.00 bits per heavy atom. The first-order chi connectivity index (χ1) is 10.8. The van der Waals surface area contributed by atoms with Crippen molar-refractivity contribution in [2.24, 2.45) is 0 Å². The van der Waals surface area contributed by atoms with Crippen molar-refractivity contribution in [1.82, 2.24) is 14.5 Å². The smallest absolute Gasteiger partial charge is 0.140 e. The number of hydrogen-bond acceptors (Lipinski definition) is 3. The van der Waals surface area contributed by atoms with Crippen molar-refractivity contribution in [3.63, 3.8) is 0 Å². The van der Waals surface area contributed by atoms with Gasteiger partial charge in [0.2, 0.25) is 0 Å². The fourth-order valence-electron chi connectivity index (χ4n) is 3.64. The van der Waals surface area contributed by atoms with Crippen LogP contribution in [0, 0.1) is 6.92 Å². The lowest BCUT2D eigenvalue weighted by molar-refractivity contribution is -0.0216. The molecule has 118 valence electrons. The third-order valence-corrected chi connectivity index (χ3v) is 4.96. The summed E-state index contributed by atoms with van der Waals surface area (Å²) in [5, 5.41) is 1.20. The maximum atomic E-state index is 13.1. The van der Waals surface area contributed by atoms with E-state index in [1.165, 1.54) is 10.9 Å². The van der Waals surface area contributed by atoms with Crippen LogP contribution in [0.5, 0.6) is 0 Å². The van der Waals surface area contributed by atoms with Gasteiger partial charge in [0.05, 0.1) is 19.3 Å².